The van der Waals surface area contributed by atoms with E-state index in [9.17, 15) is 4.79 Å². The van der Waals surface area contributed by atoms with Gasteiger partial charge < -0.3 is 9.67 Å². The van der Waals surface area contributed by atoms with Gasteiger partial charge in [0.15, 0.2) is 0 Å². The standard InChI is InChI=1S/C7H11N3O2S/c1-2-10-5-8-9-6(10)3-13-4-7(11)12/h5H,2-4H2,1H3,(H,11,12). The average molecular weight is 201 g/mol. The van der Waals surface area contributed by atoms with Crippen molar-refractivity contribution in [2.75, 3.05) is 5.75 Å². The van der Waals surface area contributed by atoms with Crippen LogP contribution >= 0.6 is 11.8 Å². The van der Waals surface area contributed by atoms with Gasteiger partial charge in [-0.15, -0.1) is 22.0 Å². The summed E-state index contributed by atoms with van der Waals surface area (Å²) in [4.78, 5) is 10.2. The fourth-order valence-electron chi connectivity index (χ4n) is 0.884. The molecule has 5 nitrogen and oxygen atoms in total. The number of nitrogens with zero attached hydrogens (tertiary/aromatic N) is 3. The number of thioether (sulfide) groups is 1. The molecule has 0 bridgehead atoms. The van der Waals surface area contributed by atoms with Crippen molar-refractivity contribution in [1.82, 2.24) is 14.8 Å². The van der Waals surface area contributed by atoms with Crippen LogP contribution in [-0.4, -0.2) is 31.6 Å². The lowest BCUT2D eigenvalue weighted by atomic mass is 10.6. The molecule has 0 aromatic carbocycles. The Morgan fingerprint density at radius 3 is 3.15 bits per heavy atom. The Hall–Kier alpha value is -1.04. The highest BCUT2D eigenvalue weighted by molar-refractivity contribution is 7.99. The predicted octanol–water partition coefficient (Wildman–Crippen LogP) is 0.616. The van der Waals surface area contributed by atoms with E-state index in [1.54, 1.807) is 6.33 Å². The maximum Gasteiger partial charge on any atom is 0.313 e. The Morgan fingerprint density at radius 1 is 1.77 bits per heavy atom. The summed E-state index contributed by atoms with van der Waals surface area (Å²) in [6.45, 7) is 2.81. The van der Waals surface area contributed by atoms with Crippen LogP contribution in [0.2, 0.25) is 0 Å². The number of hydrogen-bond acceptors (Lipinski definition) is 4. The first-order valence-corrected chi connectivity index (χ1v) is 5.05. The molecule has 72 valence electrons. The first-order valence-electron chi connectivity index (χ1n) is 3.90. The van der Waals surface area contributed by atoms with Gasteiger partial charge in [-0.2, -0.15) is 0 Å². The average Bonchev–Trinajstić information content (AvgIpc) is 2.51. The quantitative estimate of drug-likeness (QED) is 0.756. The van der Waals surface area contributed by atoms with Crippen molar-refractivity contribution in [2.45, 2.75) is 19.2 Å². The highest BCUT2D eigenvalue weighted by Gasteiger charge is 2.03. The second-order valence-electron chi connectivity index (χ2n) is 2.42. The molecule has 0 fully saturated rings. The van der Waals surface area contributed by atoms with Gasteiger partial charge in [-0.05, 0) is 6.92 Å². The largest absolute Gasteiger partial charge is 0.481 e. The van der Waals surface area contributed by atoms with E-state index in [4.69, 9.17) is 5.11 Å². The number of aromatic nitrogens is 3. The molecule has 0 saturated carbocycles. The maximum absolute atomic E-state index is 10.2. The number of carbonyl (C=O) groups is 1. The summed E-state index contributed by atoms with van der Waals surface area (Å²) in [6, 6.07) is 0. The number of carboxylic acids is 1. The molecule has 0 spiro atoms. The van der Waals surface area contributed by atoms with Gasteiger partial charge >= 0.3 is 5.97 Å². The van der Waals surface area contributed by atoms with Crippen LogP contribution in [0.5, 0.6) is 0 Å². The van der Waals surface area contributed by atoms with E-state index in [0.717, 1.165) is 12.4 Å². The Kier molecular flexibility index (Phi) is 3.75. The number of rotatable bonds is 5. The van der Waals surface area contributed by atoms with Gasteiger partial charge in [0.2, 0.25) is 0 Å². The first-order chi connectivity index (χ1) is 6.24. The summed E-state index contributed by atoms with van der Waals surface area (Å²) < 4.78 is 1.90. The number of aryl methyl sites for hydroxylation is 1. The summed E-state index contributed by atoms with van der Waals surface area (Å²) in [5.74, 6) is 0.734. The van der Waals surface area contributed by atoms with E-state index < -0.39 is 5.97 Å². The Bertz CT molecular complexity index is 287. The summed E-state index contributed by atoms with van der Waals surface area (Å²) in [5.41, 5.74) is 0. The van der Waals surface area contributed by atoms with Crippen LogP contribution < -0.4 is 0 Å². The zero-order valence-electron chi connectivity index (χ0n) is 7.30. The van der Waals surface area contributed by atoms with Crippen LogP contribution in [0.4, 0.5) is 0 Å². The Balaban J connectivity index is 2.40. The minimum Gasteiger partial charge on any atom is -0.481 e. The monoisotopic (exact) mass is 201 g/mol. The second kappa shape index (κ2) is 4.86. The molecule has 0 aliphatic heterocycles. The van der Waals surface area contributed by atoms with Crippen molar-refractivity contribution in [2.24, 2.45) is 0 Å². The van der Waals surface area contributed by atoms with E-state index in [2.05, 4.69) is 10.2 Å². The van der Waals surface area contributed by atoms with Gasteiger partial charge in [0.25, 0.3) is 0 Å². The molecular formula is C7H11N3O2S. The van der Waals surface area contributed by atoms with Gasteiger partial charge in [-0.1, -0.05) is 0 Å². The van der Waals surface area contributed by atoms with Crippen molar-refractivity contribution in [3.63, 3.8) is 0 Å². The van der Waals surface area contributed by atoms with E-state index in [0.29, 0.717) is 5.75 Å². The first kappa shape index (κ1) is 10.0. The van der Waals surface area contributed by atoms with Crippen LogP contribution in [-0.2, 0) is 17.1 Å². The van der Waals surface area contributed by atoms with E-state index in [1.165, 1.54) is 11.8 Å². The van der Waals surface area contributed by atoms with Crippen molar-refractivity contribution in [3.8, 4) is 0 Å². The highest BCUT2D eigenvalue weighted by Crippen LogP contribution is 2.08. The van der Waals surface area contributed by atoms with E-state index in [-0.39, 0.29) is 5.75 Å². The number of aliphatic carboxylic acids is 1. The molecular weight excluding hydrogens is 190 g/mol. The molecule has 0 aliphatic rings. The van der Waals surface area contributed by atoms with Gasteiger partial charge in [-0.3, -0.25) is 4.79 Å². The zero-order valence-corrected chi connectivity index (χ0v) is 8.12. The third-order valence-corrected chi connectivity index (χ3v) is 2.41. The third-order valence-electron chi connectivity index (χ3n) is 1.49. The minimum absolute atomic E-state index is 0.108. The zero-order chi connectivity index (χ0) is 9.68. The lowest BCUT2D eigenvalue weighted by molar-refractivity contribution is -0.133. The fraction of sp³-hybridized carbons (Fsp3) is 0.571. The number of carboxylic acid groups (broad SMARTS) is 1. The third kappa shape index (κ3) is 3.06. The molecule has 0 radical (unpaired) electrons. The van der Waals surface area contributed by atoms with Crippen molar-refractivity contribution >= 4 is 17.7 Å². The molecule has 1 heterocycles. The smallest absolute Gasteiger partial charge is 0.313 e. The normalized spacial score (nSPS) is 10.2. The molecule has 1 aromatic rings. The predicted molar refractivity (Wildman–Crippen MR) is 49.5 cm³/mol. The summed E-state index contributed by atoms with van der Waals surface area (Å²) in [7, 11) is 0. The lowest BCUT2D eigenvalue weighted by Gasteiger charge is -2.00. The van der Waals surface area contributed by atoms with Crippen LogP contribution in [0.25, 0.3) is 0 Å². The summed E-state index contributed by atoms with van der Waals surface area (Å²) in [5, 5.41) is 16.0. The van der Waals surface area contributed by atoms with Gasteiger partial charge in [-0.25, -0.2) is 0 Å². The lowest BCUT2D eigenvalue weighted by Crippen LogP contribution is -2.02. The molecule has 0 unspecified atom stereocenters. The fourth-order valence-corrected chi connectivity index (χ4v) is 1.57. The maximum atomic E-state index is 10.2. The number of hydrogen-bond donors (Lipinski definition) is 1. The molecule has 0 saturated heterocycles. The molecule has 0 atom stereocenters. The Labute approximate surface area is 80.2 Å². The minimum atomic E-state index is -0.799. The van der Waals surface area contributed by atoms with E-state index in [1.807, 2.05) is 11.5 Å². The van der Waals surface area contributed by atoms with E-state index >= 15 is 0 Å². The van der Waals surface area contributed by atoms with Crippen LogP contribution in [0.3, 0.4) is 0 Å². The summed E-state index contributed by atoms with van der Waals surface area (Å²) >= 11 is 1.33. The molecule has 1 aromatic heterocycles. The molecule has 1 N–H and O–H groups in total. The second-order valence-corrected chi connectivity index (χ2v) is 3.41. The molecule has 1 rings (SSSR count). The molecule has 0 aliphatic carbocycles. The van der Waals surface area contributed by atoms with Gasteiger partial charge in [0.05, 0.1) is 11.5 Å². The molecule has 6 heteroatoms. The highest BCUT2D eigenvalue weighted by atomic mass is 32.2. The van der Waals surface area contributed by atoms with Crippen molar-refractivity contribution in [1.29, 1.82) is 0 Å². The molecule has 13 heavy (non-hydrogen) atoms. The Morgan fingerprint density at radius 2 is 2.54 bits per heavy atom. The van der Waals surface area contributed by atoms with Crippen molar-refractivity contribution < 1.29 is 9.90 Å². The van der Waals surface area contributed by atoms with Gasteiger partial charge in [0, 0.05) is 6.54 Å². The topological polar surface area (TPSA) is 68.0 Å². The van der Waals surface area contributed by atoms with Crippen LogP contribution in [0.1, 0.15) is 12.7 Å². The van der Waals surface area contributed by atoms with Crippen molar-refractivity contribution in [3.05, 3.63) is 12.2 Å². The summed E-state index contributed by atoms with van der Waals surface area (Å²) in [6.07, 6.45) is 1.65. The SMILES string of the molecule is CCn1cnnc1CSCC(=O)O. The van der Waals surface area contributed by atoms with Crippen LogP contribution in [0, 0.1) is 0 Å². The van der Waals surface area contributed by atoms with Crippen LogP contribution in [0.15, 0.2) is 6.33 Å². The molecule has 0 amide bonds. The van der Waals surface area contributed by atoms with Gasteiger partial charge in [0.1, 0.15) is 12.2 Å².